The summed E-state index contributed by atoms with van der Waals surface area (Å²) >= 11 is 1.74. The lowest BCUT2D eigenvalue weighted by molar-refractivity contribution is 0.780. The molecule has 0 atom stereocenters. The van der Waals surface area contributed by atoms with Gasteiger partial charge >= 0.3 is 0 Å². The fraction of sp³-hybridized carbons (Fsp3) is 0.125. The first-order valence-corrected chi connectivity index (χ1v) is 7.32. The Bertz CT molecular complexity index is 855. The first-order valence-electron chi connectivity index (χ1n) is 6.50. The van der Waals surface area contributed by atoms with Gasteiger partial charge in [-0.2, -0.15) is 5.10 Å². The maximum atomic E-state index is 4.51. The predicted molar refractivity (Wildman–Crippen MR) is 84.1 cm³/mol. The Kier molecular flexibility index (Phi) is 2.41. The van der Waals surface area contributed by atoms with Gasteiger partial charge in [-0.25, -0.2) is 4.98 Å². The summed E-state index contributed by atoms with van der Waals surface area (Å²) in [5.74, 6) is 0. The van der Waals surface area contributed by atoms with Crippen molar-refractivity contribution in [2.75, 3.05) is 0 Å². The summed E-state index contributed by atoms with van der Waals surface area (Å²) in [4.78, 5) is 4.51. The molecule has 0 bridgehead atoms. The largest absolute Gasteiger partial charge is 0.275 e. The summed E-state index contributed by atoms with van der Waals surface area (Å²) in [5.41, 5.74) is 4.56. The summed E-state index contributed by atoms with van der Waals surface area (Å²) in [7, 11) is 1.95. The highest BCUT2D eigenvalue weighted by atomic mass is 32.1. The molecule has 0 aliphatic rings. The van der Waals surface area contributed by atoms with Crippen LogP contribution in [0, 0.1) is 6.92 Å². The van der Waals surface area contributed by atoms with Gasteiger partial charge in [0.1, 0.15) is 0 Å². The van der Waals surface area contributed by atoms with Crippen LogP contribution < -0.4 is 0 Å². The van der Waals surface area contributed by atoms with Gasteiger partial charge in [0.25, 0.3) is 0 Å². The molecule has 0 aliphatic heterocycles. The number of aromatic nitrogens is 3. The van der Waals surface area contributed by atoms with Gasteiger partial charge in [0.05, 0.1) is 20.7 Å². The Hall–Kier alpha value is -2.20. The van der Waals surface area contributed by atoms with Crippen molar-refractivity contribution in [1.29, 1.82) is 0 Å². The molecule has 20 heavy (non-hydrogen) atoms. The molecule has 0 amide bonds. The zero-order chi connectivity index (χ0) is 13.7. The highest BCUT2D eigenvalue weighted by Crippen LogP contribution is 2.29. The van der Waals surface area contributed by atoms with Crippen LogP contribution in [-0.4, -0.2) is 14.8 Å². The molecule has 4 heteroatoms. The van der Waals surface area contributed by atoms with E-state index in [-0.39, 0.29) is 0 Å². The molecule has 98 valence electrons. The van der Waals surface area contributed by atoms with E-state index in [0.717, 1.165) is 16.0 Å². The van der Waals surface area contributed by atoms with Gasteiger partial charge in [0, 0.05) is 18.6 Å². The monoisotopic (exact) mass is 279 g/mol. The summed E-state index contributed by atoms with van der Waals surface area (Å²) in [6.07, 6.45) is 2.05. The van der Waals surface area contributed by atoms with E-state index in [0.29, 0.717) is 0 Å². The molecule has 2 aromatic carbocycles. The van der Waals surface area contributed by atoms with Crippen LogP contribution in [0.1, 0.15) is 5.01 Å². The van der Waals surface area contributed by atoms with E-state index in [1.807, 2.05) is 24.9 Å². The highest BCUT2D eigenvalue weighted by molar-refractivity contribution is 7.18. The molecule has 0 N–H and O–H groups in total. The summed E-state index contributed by atoms with van der Waals surface area (Å²) in [6.45, 7) is 2.05. The molecule has 0 spiro atoms. The van der Waals surface area contributed by atoms with E-state index in [1.165, 1.54) is 21.2 Å². The van der Waals surface area contributed by atoms with Crippen LogP contribution in [0.5, 0.6) is 0 Å². The molecule has 4 rings (SSSR count). The molecule has 0 saturated carbocycles. The average molecular weight is 279 g/mol. The van der Waals surface area contributed by atoms with E-state index < -0.39 is 0 Å². The number of hydrogen-bond acceptors (Lipinski definition) is 3. The lowest BCUT2D eigenvalue weighted by Crippen LogP contribution is -1.84. The molecule has 0 fully saturated rings. The number of fused-ring (bicyclic) bond motifs is 2. The van der Waals surface area contributed by atoms with Crippen molar-refractivity contribution < 1.29 is 0 Å². The lowest BCUT2D eigenvalue weighted by atomic mass is 10.0. The smallest absolute Gasteiger partial charge is 0.0923 e. The molecule has 0 radical (unpaired) electrons. The minimum atomic E-state index is 1.03. The standard InChI is InChI=1S/C16H13N3S/c1-10-17-15-6-4-12(8-16(15)20-10)11-3-5-14-13(7-11)9-19(2)18-14/h3-9H,1-2H3. The van der Waals surface area contributed by atoms with Crippen molar-refractivity contribution in [3.63, 3.8) is 0 Å². The Morgan fingerprint density at radius 3 is 2.60 bits per heavy atom. The molecule has 0 unspecified atom stereocenters. The van der Waals surface area contributed by atoms with Crippen LogP contribution >= 0.6 is 11.3 Å². The van der Waals surface area contributed by atoms with Crippen molar-refractivity contribution >= 4 is 32.5 Å². The Balaban J connectivity index is 1.90. The fourth-order valence-electron chi connectivity index (χ4n) is 2.55. The maximum Gasteiger partial charge on any atom is 0.0923 e. The van der Waals surface area contributed by atoms with Crippen molar-refractivity contribution in [1.82, 2.24) is 14.8 Å². The second-order valence-corrected chi connectivity index (χ2v) is 6.23. The molecule has 0 saturated heterocycles. The van der Waals surface area contributed by atoms with E-state index in [9.17, 15) is 0 Å². The van der Waals surface area contributed by atoms with E-state index >= 15 is 0 Å². The van der Waals surface area contributed by atoms with Gasteiger partial charge in [-0.15, -0.1) is 11.3 Å². The lowest BCUT2D eigenvalue weighted by Gasteiger charge is -2.01. The van der Waals surface area contributed by atoms with Gasteiger partial charge < -0.3 is 0 Å². The minimum Gasteiger partial charge on any atom is -0.275 e. The summed E-state index contributed by atoms with van der Waals surface area (Å²) < 4.78 is 3.09. The molecule has 2 heterocycles. The molecule has 4 aromatic rings. The van der Waals surface area contributed by atoms with E-state index in [1.54, 1.807) is 11.3 Å². The second-order valence-electron chi connectivity index (χ2n) is 4.99. The van der Waals surface area contributed by atoms with Crippen molar-refractivity contribution in [2.24, 2.45) is 7.05 Å². The number of benzene rings is 2. The topological polar surface area (TPSA) is 30.7 Å². The van der Waals surface area contributed by atoms with Gasteiger partial charge in [0.15, 0.2) is 0 Å². The zero-order valence-electron chi connectivity index (χ0n) is 11.3. The average Bonchev–Trinajstić information content (AvgIpc) is 2.97. The zero-order valence-corrected chi connectivity index (χ0v) is 12.1. The van der Waals surface area contributed by atoms with E-state index in [2.05, 4.69) is 46.5 Å². The molecule has 0 aliphatic carbocycles. The van der Waals surface area contributed by atoms with Crippen molar-refractivity contribution in [2.45, 2.75) is 6.92 Å². The maximum absolute atomic E-state index is 4.51. The van der Waals surface area contributed by atoms with Gasteiger partial charge in [-0.05, 0) is 42.3 Å². The summed E-state index contributed by atoms with van der Waals surface area (Å²) in [5, 5.41) is 6.69. The number of hydrogen-bond donors (Lipinski definition) is 0. The predicted octanol–water partition coefficient (Wildman–Crippen LogP) is 4.16. The van der Waals surface area contributed by atoms with Gasteiger partial charge in [0.2, 0.25) is 0 Å². The third-order valence-electron chi connectivity index (χ3n) is 3.45. The number of aryl methyl sites for hydroxylation is 2. The fourth-order valence-corrected chi connectivity index (χ4v) is 3.41. The number of thiazole rings is 1. The SMILES string of the molecule is Cc1nc2ccc(-c3ccc4nn(C)cc4c3)cc2s1. The van der Waals surface area contributed by atoms with Gasteiger partial charge in [-0.3, -0.25) is 4.68 Å². The quantitative estimate of drug-likeness (QED) is 0.524. The van der Waals surface area contributed by atoms with Crippen LogP contribution in [0.25, 0.3) is 32.2 Å². The van der Waals surface area contributed by atoms with Crippen LogP contribution in [0.15, 0.2) is 42.6 Å². The normalized spacial score (nSPS) is 11.5. The third-order valence-corrected chi connectivity index (χ3v) is 4.38. The molecular formula is C16H13N3S. The van der Waals surface area contributed by atoms with Crippen molar-refractivity contribution in [3.8, 4) is 11.1 Å². The third kappa shape index (κ3) is 1.80. The van der Waals surface area contributed by atoms with Gasteiger partial charge in [-0.1, -0.05) is 12.1 Å². The van der Waals surface area contributed by atoms with E-state index in [4.69, 9.17) is 0 Å². The summed E-state index contributed by atoms with van der Waals surface area (Å²) in [6, 6.07) is 12.9. The second kappa shape index (κ2) is 4.15. The van der Waals surface area contributed by atoms with Crippen LogP contribution in [-0.2, 0) is 7.05 Å². The van der Waals surface area contributed by atoms with Crippen LogP contribution in [0.2, 0.25) is 0 Å². The molecular weight excluding hydrogens is 266 g/mol. The first-order chi connectivity index (χ1) is 9.69. The number of nitrogens with zero attached hydrogens (tertiary/aromatic N) is 3. The Labute approximate surface area is 120 Å². The Morgan fingerprint density at radius 1 is 1.00 bits per heavy atom. The van der Waals surface area contributed by atoms with Crippen LogP contribution in [0.3, 0.4) is 0 Å². The minimum absolute atomic E-state index is 1.03. The van der Waals surface area contributed by atoms with Crippen molar-refractivity contribution in [3.05, 3.63) is 47.6 Å². The number of rotatable bonds is 1. The van der Waals surface area contributed by atoms with Crippen LogP contribution in [0.4, 0.5) is 0 Å². The molecule has 2 aromatic heterocycles. The highest BCUT2D eigenvalue weighted by Gasteiger charge is 2.05. The first kappa shape index (κ1) is 11.6. The Morgan fingerprint density at radius 2 is 1.75 bits per heavy atom. The molecule has 3 nitrogen and oxygen atoms in total.